The van der Waals surface area contributed by atoms with Crippen molar-refractivity contribution in [2.24, 2.45) is 10.7 Å². The van der Waals surface area contributed by atoms with Crippen LogP contribution in [0.2, 0.25) is 10.0 Å². The molecular weight excluding hydrogens is 345 g/mol. The maximum absolute atomic E-state index is 6.11. The number of hydrogen-bond donors (Lipinski definition) is 2. The number of hydrogen-bond acceptors (Lipinski definition) is 2. The van der Waals surface area contributed by atoms with Gasteiger partial charge in [0.15, 0.2) is 5.96 Å². The normalized spacial score (nSPS) is 15.9. The van der Waals surface area contributed by atoms with Gasteiger partial charge in [0, 0.05) is 16.1 Å². The van der Waals surface area contributed by atoms with Crippen LogP contribution in [-0.2, 0) is 5.41 Å². The number of benzene rings is 2. The monoisotopic (exact) mass is 363 g/mol. The Labute approximate surface area is 151 Å². The van der Waals surface area contributed by atoms with Crippen molar-refractivity contribution < 1.29 is 4.74 Å². The van der Waals surface area contributed by atoms with Crippen LogP contribution in [0.1, 0.15) is 18.4 Å². The maximum atomic E-state index is 6.11. The Morgan fingerprint density at radius 1 is 1.21 bits per heavy atom. The van der Waals surface area contributed by atoms with E-state index in [1.807, 2.05) is 18.2 Å². The fraction of sp³-hybridized carbons (Fsp3) is 0.278. The van der Waals surface area contributed by atoms with Crippen LogP contribution in [0, 0.1) is 0 Å². The number of nitrogens with two attached hydrogens (primary N) is 1. The van der Waals surface area contributed by atoms with Crippen LogP contribution in [-0.4, -0.2) is 19.6 Å². The molecule has 0 aromatic heterocycles. The molecule has 4 nitrogen and oxygen atoms in total. The third-order valence-corrected chi connectivity index (χ3v) is 4.83. The van der Waals surface area contributed by atoms with Gasteiger partial charge in [-0.1, -0.05) is 35.3 Å². The summed E-state index contributed by atoms with van der Waals surface area (Å²) in [4.78, 5) is 4.50. The van der Waals surface area contributed by atoms with Crippen molar-refractivity contribution in [2.75, 3.05) is 19.0 Å². The summed E-state index contributed by atoms with van der Waals surface area (Å²) in [5, 5.41) is 4.33. The highest BCUT2D eigenvalue weighted by Crippen LogP contribution is 2.48. The van der Waals surface area contributed by atoms with Gasteiger partial charge in [0.2, 0.25) is 0 Å². The molecule has 0 heterocycles. The van der Waals surface area contributed by atoms with E-state index in [1.165, 1.54) is 5.56 Å². The highest BCUT2D eigenvalue weighted by molar-refractivity contribution is 6.32. The Kier molecular flexibility index (Phi) is 4.88. The number of halogens is 2. The van der Waals surface area contributed by atoms with Gasteiger partial charge >= 0.3 is 0 Å². The van der Waals surface area contributed by atoms with Crippen molar-refractivity contribution in [3.63, 3.8) is 0 Å². The second-order valence-electron chi connectivity index (χ2n) is 5.96. The number of anilines is 1. The molecule has 24 heavy (non-hydrogen) atoms. The number of guanidine groups is 1. The molecule has 3 rings (SSSR count). The molecule has 0 unspecified atom stereocenters. The van der Waals surface area contributed by atoms with Crippen LogP contribution < -0.4 is 15.8 Å². The summed E-state index contributed by atoms with van der Waals surface area (Å²) in [6.45, 7) is 0.650. The van der Waals surface area contributed by atoms with Crippen LogP contribution >= 0.6 is 23.2 Å². The largest absolute Gasteiger partial charge is 0.495 e. The third kappa shape index (κ3) is 3.77. The van der Waals surface area contributed by atoms with Gasteiger partial charge in [0.05, 0.1) is 18.7 Å². The van der Waals surface area contributed by atoms with Crippen LogP contribution in [0.4, 0.5) is 5.69 Å². The van der Waals surface area contributed by atoms with Crippen LogP contribution in [0.15, 0.2) is 47.5 Å². The first-order valence-corrected chi connectivity index (χ1v) is 8.44. The van der Waals surface area contributed by atoms with Crippen LogP contribution in [0.5, 0.6) is 5.75 Å². The Balaban J connectivity index is 1.66. The Bertz CT molecular complexity index is 755. The first-order valence-electron chi connectivity index (χ1n) is 7.69. The van der Waals surface area contributed by atoms with Crippen LogP contribution in [0.25, 0.3) is 0 Å². The van der Waals surface area contributed by atoms with Gasteiger partial charge in [0.1, 0.15) is 5.75 Å². The van der Waals surface area contributed by atoms with Crippen molar-refractivity contribution in [3.8, 4) is 5.75 Å². The van der Waals surface area contributed by atoms with E-state index in [-0.39, 0.29) is 5.41 Å². The predicted molar refractivity (Wildman–Crippen MR) is 100 cm³/mol. The number of aliphatic imine (C=N–C) groups is 1. The van der Waals surface area contributed by atoms with Crippen molar-refractivity contribution in [1.82, 2.24) is 0 Å². The summed E-state index contributed by atoms with van der Waals surface area (Å²) in [5.74, 6) is 0.994. The van der Waals surface area contributed by atoms with E-state index in [4.69, 9.17) is 33.7 Å². The molecule has 0 aliphatic heterocycles. The van der Waals surface area contributed by atoms with Gasteiger partial charge in [-0.3, -0.25) is 4.99 Å². The molecule has 1 aliphatic rings. The molecule has 2 aromatic rings. The van der Waals surface area contributed by atoms with E-state index in [2.05, 4.69) is 22.4 Å². The number of nitrogens with one attached hydrogen (secondary N) is 1. The smallest absolute Gasteiger partial charge is 0.193 e. The second kappa shape index (κ2) is 6.91. The van der Waals surface area contributed by atoms with Gasteiger partial charge in [-0.05, 0) is 48.7 Å². The minimum atomic E-state index is 0.0917. The van der Waals surface area contributed by atoms with Gasteiger partial charge in [-0.25, -0.2) is 0 Å². The van der Waals surface area contributed by atoms with Crippen molar-refractivity contribution in [1.29, 1.82) is 0 Å². The molecule has 0 spiro atoms. The zero-order valence-corrected chi connectivity index (χ0v) is 14.9. The van der Waals surface area contributed by atoms with Gasteiger partial charge in [-0.2, -0.15) is 0 Å². The van der Waals surface area contributed by atoms with E-state index >= 15 is 0 Å². The van der Waals surface area contributed by atoms with Gasteiger partial charge < -0.3 is 15.8 Å². The topological polar surface area (TPSA) is 59.6 Å². The molecule has 0 radical (unpaired) electrons. The molecule has 3 N–H and O–H groups in total. The Morgan fingerprint density at radius 2 is 1.92 bits per heavy atom. The third-order valence-electron chi connectivity index (χ3n) is 4.29. The molecule has 0 atom stereocenters. The zero-order chi connectivity index (χ0) is 17.2. The van der Waals surface area contributed by atoms with E-state index in [0.29, 0.717) is 23.3 Å². The summed E-state index contributed by atoms with van der Waals surface area (Å²) >= 11 is 12.1. The summed E-state index contributed by atoms with van der Waals surface area (Å²) < 4.78 is 5.13. The number of methoxy groups -OCH3 is 1. The lowest BCUT2D eigenvalue weighted by Gasteiger charge is -2.14. The van der Waals surface area contributed by atoms with E-state index in [9.17, 15) is 0 Å². The maximum Gasteiger partial charge on any atom is 0.193 e. The summed E-state index contributed by atoms with van der Waals surface area (Å²) in [5.41, 5.74) is 8.14. The van der Waals surface area contributed by atoms with Gasteiger partial charge in [-0.15, -0.1) is 0 Å². The standard InChI is InChI=1S/C18H19Cl2N3O/c1-24-16-7-6-14(10-15(16)20)23-17(21)22-11-18(8-9-18)12-2-4-13(19)5-3-12/h2-7,10H,8-9,11H2,1H3,(H3,21,22,23). The molecule has 6 heteroatoms. The minimum Gasteiger partial charge on any atom is -0.495 e. The molecule has 1 aliphatic carbocycles. The molecule has 2 aromatic carbocycles. The second-order valence-corrected chi connectivity index (χ2v) is 6.81. The van der Waals surface area contributed by atoms with E-state index < -0.39 is 0 Å². The lowest BCUT2D eigenvalue weighted by atomic mass is 9.96. The highest BCUT2D eigenvalue weighted by atomic mass is 35.5. The number of ether oxygens (including phenoxy) is 1. The fourth-order valence-electron chi connectivity index (χ4n) is 2.66. The van der Waals surface area contributed by atoms with Gasteiger partial charge in [0.25, 0.3) is 0 Å². The summed E-state index contributed by atoms with van der Waals surface area (Å²) in [6.07, 6.45) is 2.22. The molecule has 0 amide bonds. The van der Waals surface area contributed by atoms with E-state index in [0.717, 1.165) is 23.6 Å². The molecular formula is C18H19Cl2N3O. The molecule has 0 saturated heterocycles. The SMILES string of the molecule is COc1ccc(NC(N)=NCC2(c3ccc(Cl)cc3)CC2)cc1Cl. The number of rotatable bonds is 5. The quantitative estimate of drug-likeness (QED) is 0.608. The first kappa shape index (κ1) is 16.9. The van der Waals surface area contributed by atoms with Crippen LogP contribution in [0.3, 0.4) is 0 Å². The molecule has 1 saturated carbocycles. The predicted octanol–water partition coefficient (Wildman–Crippen LogP) is 4.46. The first-order chi connectivity index (χ1) is 11.5. The molecule has 0 bridgehead atoms. The average molecular weight is 364 g/mol. The summed E-state index contributed by atoms with van der Waals surface area (Å²) in [6, 6.07) is 13.4. The van der Waals surface area contributed by atoms with E-state index in [1.54, 1.807) is 19.2 Å². The lowest BCUT2D eigenvalue weighted by Crippen LogP contribution is -2.25. The Morgan fingerprint density at radius 3 is 2.50 bits per heavy atom. The highest BCUT2D eigenvalue weighted by Gasteiger charge is 2.44. The van der Waals surface area contributed by atoms with Crippen molar-refractivity contribution in [3.05, 3.63) is 58.1 Å². The Hall–Kier alpha value is -1.91. The number of nitrogens with zero attached hydrogens (tertiary/aromatic N) is 1. The zero-order valence-electron chi connectivity index (χ0n) is 13.4. The van der Waals surface area contributed by atoms with Crippen molar-refractivity contribution in [2.45, 2.75) is 18.3 Å². The van der Waals surface area contributed by atoms with Crippen molar-refractivity contribution >= 4 is 34.8 Å². The lowest BCUT2D eigenvalue weighted by molar-refractivity contribution is 0.415. The minimum absolute atomic E-state index is 0.0917. The fourth-order valence-corrected chi connectivity index (χ4v) is 3.04. The average Bonchev–Trinajstić information content (AvgIpc) is 3.35. The molecule has 1 fully saturated rings. The summed E-state index contributed by atoms with van der Waals surface area (Å²) in [7, 11) is 1.58. The molecule has 126 valence electrons.